The van der Waals surface area contributed by atoms with Crippen molar-refractivity contribution in [3.05, 3.63) is 29.0 Å². The summed E-state index contributed by atoms with van der Waals surface area (Å²) in [6.45, 7) is 4.99. The lowest BCUT2D eigenvalue weighted by atomic mass is 10.0. The van der Waals surface area contributed by atoms with Crippen molar-refractivity contribution in [3.8, 4) is 0 Å². The largest absolute Gasteiger partial charge is 0.381 e. The van der Waals surface area contributed by atoms with Crippen LogP contribution in [0.1, 0.15) is 29.8 Å². The van der Waals surface area contributed by atoms with Gasteiger partial charge in [0.05, 0.1) is 6.61 Å². The van der Waals surface area contributed by atoms with E-state index in [1.54, 1.807) is 18.3 Å². The Balaban J connectivity index is 1.44. The molecular formula is C16H22ClN3O2. The topological polar surface area (TPSA) is 54.5 Å². The minimum absolute atomic E-state index is 0.134. The zero-order valence-electron chi connectivity index (χ0n) is 12.6. The number of hydrogen-bond acceptors (Lipinski definition) is 4. The molecular weight excluding hydrogens is 302 g/mol. The maximum Gasteiger partial charge on any atom is 0.270 e. The molecule has 2 aliphatic rings. The van der Waals surface area contributed by atoms with E-state index in [2.05, 4.69) is 15.2 Å². The molecule has 0 saturated carbocycles. The van der Waals surface area contributed by atoms with Crippen molar-refractivity contribution in [1.82, 2.24) is 15.2 Å². The van der Waals surface area contributed by atoms with Gasteiger partial charge in [-0.2, -0.15) is 0 Å². The Labute approximate surface area is 136 Å². The van der Waals surface area contributed by atoms with E-state index < -0.39 is 0 Å². The summed E-state index contributed by atoms with van der Waals surface area (Å²) < 4.78 is 5.43. The maximum atomic E-state index is 12.2. The van der Waals surface area contributed by atoms with Crippen LogP contribution in [0.4, 0.5) is 0 Å². The minimum Gasteiger partial charge on any atom is -0.381 e. The van der Waals surface area contributed by atoms with E-state index in [0.717, 1.165) is 45.7 Å². The number of pyridine rings is 1. The first-order valence-electron chi connectivity index (χ1n) is 7.93. The first-order valence-corrected chi connectivity index (χ1v) is 8.31. The van der Waals surface area contributed by atoms with Gasteiger partial charge in [-0.15, -0.1) is 0 Å². The van der Waals surface area contributed by atoms with Gasteiger partial charge in [0.1, 0.15) is 5.69 Å². The fourth-order valence-corrected chi connectivity index (χ4v) is 3.30. The van der Waals surface area contributed by atoms with Crippen LogP contribution >= 0.6 is 11.6 Å². The summed E-state index contributed by atoms with van der Waals surface area (Å²) in [6, 6.07) is 3.50. The Morgan fingerprint density at radius 1 is 1.41 bits per heavy atom. The summed E-state index contributed by atoms with van der Waals surface area (Å²) in [5, 5.41) is 3.60. The van der Waals surface area contributed by atoms with Gasteiger partial charge in [-0.3, -0.25) is 9.78 Å². The number of halogens is 1. The van der Waals surface area contributed by atoms with Crippen LogP contribution in [0.15, 0.2) is 18.3 Å². The molecule has 6 heteroatoms. The van der Waals surface area contributed by atoms with Gasteiger partial charge < -0.3 is 15.0 Å². The number of amides is 1. The molecule has 5 nitrogen and oxygen atoms in total. The molecule has 0 aromatic carbocycles. The lowest BCUT2D eigenvalue weighted by Gasteiger charge is -2.33. The van der Waals surface area contributed by atoms with Gasteiger partial charge in [0.15, 0.2) is 0 Å². The monoisotopic (exact) mass is 323 g/mol. The van der Waals surface area contributed by atoms with E-state index in [1.807, 2.05) is 0 Å². The Morgan fingerprint density at radius 3 is 2.91 bits per heavy atom. The summed E-state index contributed by atoms with van der Waals surface area (Å²) in [5.74, 6) is 0.548. The Hall–Kier alpha value is -1.17. The van der Waals surface area contributed by atoms with Crippen LogP contribution in [0.5, 0.6) is 0 Å². The van der Waals surface area contributed by atoms with Gasteiger partial charge >= 0.3 is 0 Å². The van der Waals surface area contributed by atoms with Crippen molar-refractivity contribution >= 4 is 17.5 Å². The third kappa shape index (κ3) is 4.18. The molecule has 3 heterocycles. The van der Waals surface area contributed by atoms with E-state index in [1.165, 1.54) is 6.42 Å². The van der Waals surface area contributed by atoms with Gasteiger partial charge in [-0.25, -0.2) is 0 Å². The SMILES string of the molecule is O=C(NC1CCN(C[C@H]2CCOC2)CC1)c1cc(Cl)ccn1. The van der Waals surface area contributed by atoms with Crippen molar-refractivity contribution in [2.45, 2.75) is 25.3 Å². The van der Waals surface area contributed by atoms with Crippen LogP contribution in [-0.2, 0) is 4.74 Å². The van der Waals surface area contributed by atoms with E-state index in [0.29, 0.717) is 16.6 Å². The normalized spacial score (nSPS) is 23.6. The number of likely N-dealkylation sites (tertiary alicyclic amines) is 1. The molecule has 0 spiro atoms. The average molecular weight is 324 g/mol. The van der Waals surface area contributed by atoms with Crippen molar-refractivity contribution < 1.29 is 9.53 Å². The Bertz CT molecular complexity index is 512. The van der Waals surface area contributed by atoms with Crippen LogP contribution in [0.3, 0.4) is 0 Å². The average Bonchev–Trinajstić information content (AvgIpc) is 3.02. The Morgan fingerprint density at radius 2 is 2.23 bits per heavy atom. The summed E-state index contributed by atoms with van der Waals surface area (Å²) in [5.41, 5.74) is 0.387. The number of rotatable bonds is 4. The summed E-state index contributed by atoms with van der Waals surface area (Å²) in [7, 11) is 0. The molecule has 2 fully saturated rings. The highest BCUT2D eigenvalue weighted by Crippen LogP contribution is 2.18. The number of nitrogens with zero attached hydrogens (tertiary/aromatic N) is 2. The maximum absolute atomic E-state index is 12.2. The molecule has 0 bridgehead atoms. The van der Waals surface area contributed by atoms with E-state index in [9.17, 15) is 4.79 Å². The molecule has 120 valence electrons. The standard InChI is InChI=1S/C16H22ClN3O2/c17-13-1-5-18-15(9-13)16(21)19-14-2-6-20(7-3-14)10-12-4-8-22-11-12/h1,5,9,12,14H,2-4,6-8,10-11H2,(H,19,21)/t12-/m1/s1. The molecule has 3 rings (SSSR count). The molecule has 0 radical (unpaired) electrons. The van der Waals surface area contributed by atoms with Crippen LogP contribution in [0.25, 0.3) is 0 Å². The van der Waals surface area contributed by atoms with Crippen LogP contribution in [-0.4, -0.2) is 54.7 Å². The number of carbonyl (C=O) groups is 1. The van der Waals surface area contributed by atoms with Crippen molar-refractivity contribution in [1.29, 1.82) is 0 Å². The second-order valence-electron chi connectivity index (χ2n) is 6.14. The lowest BCUT2D eigenvalue weighted by Crippen LogP contribution is -2.46. The van der Waals surface area contributed by atoms with Gasteiger partial charge in [0.2, 0.25) is 0 Å². The zero-order valence-corrected chi connectivity index (χ0v) is 13.4. The van der Waals surface area contributed by atoms with Crippen LogP contribution < -0.4 is 5.32 Å². The third-order valence-corrected chi connectivity index (χ3v) is 4.65. The summed E-state index contributed by atoms with van der Waals surface area (Å²) >= 11 is 5.89. The molecule has 2 aliphatic heterocycles. The van der Waals surface area contributed by atoms with E-state index >= 15 is 0 Å². The van der Waals surface area contributed by atoms with Gasteiger partial charge in [-0.1, -0.05) is 11.6 Å². The van der Waals surface area contributed by atoms with Crippen molar-refractivity contribution in [3.63, 3.8) is 0 Å². The molecule has 2 saturated heterocycles. The second kappa shape index (κ2) is 7.40. The first-order chi connectivity index (χ1) is 10.7. The molecule has 1 amide bonds. The smallest absolute Gasteiger partial charge is 0.270 e. The highest BCUT2D eigenvalue weighted by molar-refractivity contribution is 6.30. The van der Waals surface area contributed by atoms with Gasteiger partial charge in [0.25, 0.3) is 5.91 Å². The molecule has 1 N–H and O–H groups in total. The predicted molar refractivity (Wildman–Crippen MR) is 85.1 cm³/mol. The van der Waals surface area contributed by atoms with Crippen molar-refractivity contribution in [2.75, 3.05) is 32.8 Å². The number of aromatic nitrogens is 1. The number of ether oxygens (including phenoxy) is 1. The van der Waals surface area contributed by atoms with Crippen LogP contribution in [0.2, 0.25) is 5.02 Å². The highest BCUT2D eigenvalue weighted by atomic mass is 35.5. The minimum atomic E-state index is -0.134. The fraction of sp³-hybridized carbons (Fsp3) is 0.625. The summed E-state index contributed by atoms with van der Waals surface area (Å²) in [4.78, 5) is 18.7. The number of piperidine rings is 1. The zero-order chi connectivity index (χ0) is 15.4. The second-order valence-corrected chi connectivity index (χ2v) is 6.57. The fourth-order valence-electron chi connectivity index (χ4n) is 3.14. The molecule has 1 atom stereocenters. The summed E-state index contributed by atoms with van der Waals surface area (Å²) in [6.07, 6.45) is 4.71. The third-order valence-electron chi connectivity index (χ3n) is 4.42. The van der Waals surface area contributed by atoms with E-state index in [4.69, 9.17) is 16.3 Å². The highest BCUT2D eigenvalue weighted by Gasteiger charge is 2.25. The van der Waals surface area contributed by atoms with Crippen molar-refractivity contribution in [2.24, 2.45) is 5.92 Å². The quantitative estimate of drug-likeness (QED) is 0.920. The number of nitrogens with one attached hydrogen (secondary N) is 1. The van der Waals surface area contributed by atoms with Gasteiger partial charge in [0, 0.05) is 43.5 Å². The molecule has 0 aliphatic carbocycles. The number of carbonyl (C=O) groups excluding carboxylic acids is 1. The molecule has 1 aromatic rings. The molecule has 22 heavy (non-hydrogen) atoms. The molecule has 1 aromatic heterocycles. The van der Waals surface area contributed by atoms with Gasteiger partial charge in [-0.05, 0) is 37.3 Å². The lowest BCUT2D eigenvalue weighted by molar-refractivity contribution is 0.0898. The predicted octanol–water partition coefficient (Wildman–Crippen LogP) is 1.97. The van der Waals surface area contributed by atoms with Crippen LogP contribution in [0, 0.1) is 5.92 Å². The number of hydrogen-bond donors (Lipinski definition) is 1. The molecule has 0 unspecified atom stereocenters. The Kier molecular flexibility index (Phi) is 5.28. The van der Waals surface area contributed by atoms with E-state index in [-0.39, 0.29) is 11.9 Å². The first kappa shape index (κ1) is 15.7.